The van der Waals surface area contributed by atoms with Crippen LogP contribution in [-0.2, 0) is 4.74 Å². The van der Waals surface area contributed by atoms with Crippen LogP contribution in [0.2, 0.25) is 0 Å². The van der Waals surface area contributed by atoms with Gasteiger partial charge in [-0.25, -0.2) is 4.98 Å². The molecule has 7 nitrogen and oxygen atoms in total. The number of nitro groups is 1. The number of ether oxygens (including phenoxy) is 1. The van der Waals surface area contributed by atoms with Gasteiger partial charge in [-0.1, -0.05) is 11.8 Å². The first-order valence-electron chi connectivity index (χ1n) is 6.58. The van der Waals surface area contributed by atoms with E-state index >= 15 is 0 Å². The van der Waals surface area contributed by atoms with Crippen molar-refractivity contribution in [2.24, 2.45) is 0 Å². The third-order valence-corrected chi connectivity index (χ3v) is 4.54. The monoisotopic (exact) mass is 298 g/mol. The first kappa shape index (κ1) is 15.0. The van der Waals surface area contributed by atoms with E-state index in [1.165, 1.54) is 11.8 Å². The molecule has 1 aromatic heterocycles. The van der Waals surface area contributed by atoms with Crippen LogP contribution in [0.4, 0.5) is 11.6 Å². The van der Waals surface area contributed by atoms with E-state index in [9.17, 15) is 10.1 Å². The second kappa shape index (κ2) is 6.36. The van der Waals surface area contributed by atoms with Crippen molar-refractivity contribution < 1.29 is 9.66 Å². The predicted octanol–water partition coefficient (Wildman–Crippen LogP) is 2.39. The second-order valence-corrected chi connectivity index (χ2v) is 5.82. The molecule has 2 rings (SSSR count). The van der Waals surface area contributed by atoms with Gasteiger partial charge in [-0.05, 0) is 27.2 Å². The number of nitrogens with one attached hydrogen (secondary N) is 1. The SMILES string of the molecule is CCNc1nc(C)c([N+](=O)[O-])c(SC2CCOC2C)n1. The number of rotatable bonds is 5. The summed E-state index contributed by atoms with van der Waals surface area (Å²) in [6.07, 6.45) is 0.959. The van der Waals surface area contributed by atoms with Crippen LogP contribution >= 0.6 is 11.8 Å². The van der Waals surface area contributed by atoms with Crippen molar-refractivity contribution in [3.05, 3.63) is 15.8 Å². The van der Waals surface area contributed by atoms with Gasteiger partial charge >= 0.3 is 5.69 Å². The highest BCUT2D eigenvalue weighted by atomic mass is 32.2. The summed E-state index contributed by atoms with van der Waals surface area (Å²) in [5.41, 5.74) is 0.380. The fourth-order valence-electron chi connectivity index (χ4n) is 2.08. The van der Waals surface area contributed by atoms with E-state index in [1.54, 1.807) is 6.92 Å². The fourth-order valence-corrected chi connectivity index (χ4v) is 3.32. The van der Waals surface area contributed by atoms with Crippen LogP contribution in [0.15, 0.2) is 5.03 Å². The largest absolute Gasteiger partial charge is 0.377 e. The average molecular weight is 298 g/mol. The lowest BCUT2D eigenvalue weighted by Crippen LogP contribution is -2.15. The number of aryl methyl sites for hydroxylation is 1. The molecule has 0 radical (unpaired) electrons. The summed E-state index contributed by atoms with van der Waals surface area (Å²) in [6, 6.07) is 0. The summed E-state index contributed by atoms with van der Waals surface area (Å²) < 4.78 is 5.50. The van der Waals surface area contributed by atoms with Crippen molar-refractivity contribution in [2.45, 2.75) is 43.6 Å². The van der Waals surface area contributed by atoms with Gasteiger partial charge in [0, 0.05) is 18.4 Å². The Hall–Kier alpha value is -1.41. The minimum atomic E-state index is -0.409. The number of hydrogen-bond donors (Lipinski definition) is 1. The Labute approximate surface area is 121 Å². The number of thioether (sulfide) groups is 1. The maximum absolute atomic E-state index is 11.2. The first-order valence-corrected chi connectivity index (χ1v) is 7.46. The topological polar surface area (TPSA) is 90.2 Å². The van der Waals surface area contributed by atoms with Crippen LogP contribution in [0, 0.1) is 17.0 Å². The average Bonchev–Trinajstić information content (AvgIpc) is 2.74. The fraction of sp³-hybridized carbons (Fsp3) is 0.667. The van der Waals surface area contributed by atoms with Crippen LogP contribution in [-0.4, -0.2) is 39.4 Å². The van der Waals surface area contributed by atoms with Crippen LogP contribution in [0.5, 0.6) is 0 Å². The van der Waals surface area contributed by atoms with Gasteiger partial charge < -0.3 is 10.1 Å². The minimum absolute atomic E-state index is 0.00393. The van der Waals surface area contributed by atoms with E-state index in [4.69, 9.17) is 4.74 Å². The van der Waals surface area contributed by atoms with E-state index in [0.717, 1.165) is 6.42 Å². The van der Waals surface area contributed by atoms with Crippen molar-refractivity contribution in [2.75, 3.05) is 18.5 Å². The van der Waals surface area contributed by atoms with Gasteiger partial charge in [0.2, 0.25) is 5.95 Å². The number of anilines is 1. The molecular weight excluding hydrogens is 280 g/mol. The number of hydrogen-bond acceptors (Lipinski definition) is 7. The molecule has 1 aliphatic rings. The summed E-state index contributed by atoms with van der Waals surface area (Å²) >= 11 is 1.41. The molecule has 1 N–H and O–H groups in total. The Morgan fingerprint density at radius 1 is 1.55 bits per heavy atom. The Balaban J connectivity index is 2.34. The summed E-state index contributed by atoms with van der Waals surface area (Å²) in [5.74, 6) is 0.435. The molecule has 0 aromatic carbocycles. The zero-order chi connectivity index (χ0) is 14.7. The summed E-state index contributed by atoms with van der Waals surface area (Å²) in [7, 11) is 0. The van der Waals surface area contributed by atoms with Crippen molar-refractivity contribution in [3.63, 3.8) is 0 Å². The van der Waals surface area contributed by atoms with Crippen molar-refractivity contribution in [3.8, 4) is 0 Å². The molecule has 1 aromatic rings. The molecular formula is C12H18N4O3S. The highest BCUT2D eigenvalue weighted by molar-refractivity contribution is 8.00. The Morgan fingerprint density at radius 3 is 2.85 bits per heavy atom. The van der Waals surface area contributed by atoms with Crippen LogP contribution in [0.1, 0.15) is 26.0 Å². The Morgan fingerprint density at radius 2 is 2.30 bits per heavy atom. The molecule has 0 amide bonds. The number of aromatic nitrogens is 2. The smallest absolute Gasteiger partial charge is 0.322 e. The second-order valence-electron chi connectivity index (χ2n) is 4.59. The molecule has 8 heteroatoms. The molecule has 0 aliphatic carbocycles. The quantitative estimate of drug-likeness (QED) is 0.507. The molecule has 1 fully saturated rings. The van der Waals surface area contributed by atoms with E-state index in [1.807, 2.05) is 13.8 Å². The van der Waals surface area contributed by atoms with Gasteiger partial charge in [0.25, 0.3) is 0 Å². The third-order valence-electron chi connectivity index (χ3n) is 3.11. The van der Waals surface area contributed by atoms with Gasteiger partial charge in [-0.2, -0.15) is 4.98 Å². The molecule has 1 saturated heterocycles. The molecule has 0 bridgehead atoms. The Kier molecular flexibility index (Phi) is 4.77. The van der Waals surface area contributed by atoms with Gasteiger partial charge in [0.1, 0.15) is 5.69 Å². The lowest BCUT2D eigenvalue weighted by Gasteiger charge is -2.14. The molecule has 110 valence electrons. The third kappa shape index (κ3) is 3.18. The van der Waals surface area contributed by atoms with Crippen LogP contribution < -0.4 is 5.32 Å². The van der Waals surface area contributed by atoms with Gasteiger partial charge in [-0.3, -0.25) is 10.1 Å². The predicted molar refractivity (Wildman–Crippen MR) is 77.3 cm³/mol. The van der Waals surface area contributed by atoms with Gasteiger partial charge in [-0.15, -0.1) is 0 Å². The summed E-state index contributed by atoms with van der Waals surface area (Å²) in [6.45, 7) is 6.91. The van der Waals surface area contributed by atoms with Crippen LogP contribution in [0.3, 0.4) is 0 Å². The number of nitrogens with zero attached hydrogens (tertiary/aromatic N) is 3. The van der Waals surface area contributed by atoms with E-state index in [-0.39, 0.29) is 17.0 Å². The molecule has 2 unspecified atom stereocenters. The maximum atomic E-state index is 11.2. The van der Waals surface area contributed by atoms with Gasteiger partial charge in [0.15, 0.2) is 5.03 Å². The molecule has 2 heterocycles. The normalized spacial score (nSPS) is 21.9. The molecule has 0 saturated carbocycles. The molecule has 20 heavy (non-hydrogen) atoms. The highest BCUT2D eigenvalue weighted by Gasteiger charge is 2.30. The van der Waals surface area contributed by atoms with E-state index < -0.39 is 4.92 Å². The summed E-state index contributed by atoms with van der Waals surface area (Å²) in [5, 5.41) is 14.8. The summed E-state index contributed by atoms with van der Waals surface area (Å²) in [4.78, 5) is 19.2. The van der Waals surface area contributed by atoms with Crippen molar-refractivity contribution in [1.29, 1.82) is 0 Å². The lowest BCUT2D eigenvalue weighted by molar-refractivity contribution is -0.389. The standard InChI is InChI=1S/C12H18N4O3S/c1-4-13-12-14-7(2)10(16(17)18)11(15-12)20-9-5-6-19-8(9)3/h8-9H,4-6H2,1-3H3,(H,13,14,15). The van der Waals surface area contributed by atoms with E-state index in [0.29, 0.717) is 29.8 Å². The Bertz CT molecular complexity index is 512. The van der Waals surface area contributed by atoms with Crippen molar-refractivity contribution in [1.82, 2.24) is 9.97 Å². The maximum Gasteiger partial charge on any atom is 0.322 e. The molecule has 1 aliphatic heterocycles. The zero-order valence-corrected chi connectivity index (χ0v) is 12.6. The molecule has 2 atom stereocenters. The molecule has 0 spiro atoms. The van der Waals surface area contributed by atoms with E-state index in [2.05, 4.69) is 15.3 Å². The zero-order valence-electron chi connectivity index (χ0n) is 11.8. The van der Waals surface area contributed by atoms with Crippen LogP contribution in [0.25, 0.3) is 0 Å². The first-order chi connectivity index (χ1) is 9.52. The van der Waals surface area contributed by atoms with Gasteiger partial charge in [0.05, 0.1) is 11.0 Å². The highest BCUT2D eigenvalue weighted by Crippen LogP contribution is 2.37. The van der Waals surface area contributed by atoms with Crippen molar-refractivity contribution >= 4 is 23.4 Å². The lowest BCUT2D eigenvalue weighted by atomic mass is 10.3. The minimum Gasteiger partial charge on any atom is -0.377 e.